The quantitative estimate of drug-likeness (QED) is 0.749. The highest BCUT2D eigenvalue weighted by Crippen LogP contribution is 2.33. The van der Waals surface area contributed by atoms with Gasteiger partial charge in [0.05, 0.1) is 6.10 Å². The van der Waals surface area contributed by atoms with E-state index in [4.69, 9.17) is 4.74 Å². The first kappa shape index (κ1) is 20.4. The van der Waals surface area contributed by atoms with Crippen LogP contribution in [0, 0.1) is 5.92 Å². The lowest BCUT2D eigenvalue weighted by Gasteiger charge is -2.32. The van der Waals surface area contributed by atoms with Gasteiger partial charge in [0, 0.05) is 42.9 Å². The minimum absolute atomic E-state index is 0.0171. The molecule has 1 N–H and O–H groups in total. The number of nitrogens with one attached hydrogen (secondary N) is 1. The van der Waals surface area contributed by atoms with E-state index in [0.29, 0.717) is 24.1 Å². The molecule has 0 bridgehead atoms. The van der Waals surface area contributed by atoms with E-state index in [2.05, 4.69) is 43.1 Å². The summed E-state index contributed by atoms with van der Waals surface area (Å²) in [6.45, 7) is 8.88. The van der Waals surface area contributed by atoms with Gasteiger partial charge in [-0.1, -0.05) is 30.3 Å². The maximum atomic E-state index is 12.6. The number of carbonyl (C=O) groups excluding carboxylic acids is 1. The Balaban J connectivity index is 1.61. The van der Waals surface area contributed by atoms with Crippen molar-refractivity contribution in [1.82, 2.24) is 5.32 Å². The Morgan fingerprint density at radius 2 is 1.86 bits per heavy atom. The second-order valence-electron chi connectivity index (χ2n) is 7.74. The fourth-order valence-corrected chi connectivity index (χ4v) is 4.04. The first-order valence-corrected chi connectivity index (χ1v) is 10.4. The van der Waals surface area contributed by atoms with Crippen LogP contribution in [0.1, 0.15) is 55.6 Å². The lowest BCUT2D eigenvalue weighted by Crippen LogP contribution is -2.35. The smallest absolute Gasteiger partial charge is 0.251 e. The predicted octanol–water partition coefficient (Wildman–Crippen LogP) is 4.82. The number of nitrogens with zero attached hydrogens (tertiary/aromatic N) is 1. The van der Waals surface area contributed by atoms with Gasteiger partial charge in [0.15, 0.2) is 0 Å². The molecule has 4 nitrogen and oxygen atoms in total. The van der Waals surface area contributed by atoms with Gasteiger partial charge in [0.25, 0.3) is 5.91 Å². The number of hydrogen-bond acceptors (Lipinski definition) is 3. The number of carbonyl (C=O) groups is 1. The zero-order valence-electron chi connectivity index (χ0n) is 17.2. The van der Waals surface area contributed by atoms with Crippen molar-refractivity contribution in [3.8, 4) is 0 Å². The van der Waals surface area contributed by atoms with E-state index in [1.807, 2.05) is 42.5 Å². The van der Waals surface area contributed by atoms with Crippen molar-refractivity contribution in [2.45, 2.75) is 45.8 Å². The van der Waals surface area contributed by atoms with Gasteiger partial charge >= 0.3 is 0 Å². The molecule has 1 saturated heterocycles. The number of rotatable bonds is 7. The van der Waals surface area contributed by atoms with E-state index < -0.39 is 0 Å². The molecule has 0 aromatic heterocycles. The molecule has 0 aliphatic carbocycles. The molecule has 2 aromatic rings. The Morgan fingerprint density at radius 1 is 1.14 bits per heavy atom. The van der Waals surface area contributed by atoms with E-state index in [0.717, 1.165) is 31.7 Å². The largest absolute Gasteiger partial charge is 0.373 e. The average molecular weight is 381 g/mol. The number of hydrogen-bond donors (Lipinski definition) is 1. The summed E-state index contributed by atoms with van der Waals surface area (Å²) in [4.78, 5) is 15.0. The topological polar surface area (TPSA) is 41.6 Å². The zero-order chi connectivity index (χ0) is 19.9. The van der Waals surface area contributed by atoms with Crippen molar-refractivity contribution in [1.29, 1.82) is 0 Å². The highest BCUT2D eigenvalue weighted by molar-refractivity contribution is 5.94. The molecule has 0 radical (unpaired) electrons. The van der Waals surface area contributed by atoms with Gasteiger partial charge in [-0.3, -0.25) is 4.79 Å². The summed E-state index contributed by atoms with van der Waals surface area (Å²) in [7, 11) is 0. The van der Waals surface area contributed by atoms with Gasteiger partial charge in [-0.05, 0) is 63.4 Å². The van der Waals surface area contributed by atoms with E-state index in [1.54, 1.807) is 0 Å². The van der Waals surface area contributed by atoms with Crippen LogP contribution in [-0.4, -0.2) is 31.6 Å². The third-order valence-corrected chi connectivity index (χ3v) is 5.52. The molecule has 4 heteroatoms. The molecule has 0 spiro atoms. The number of amides is 1. The molecular weight excluding hydrogens is 348 g/mol. The van der Waals surface area contributed by atoms with E-state index in [9.17, 15) is 4.79 Å². The molecule has 2 aromatic carbocycles. The summed E-state index contributed by atoms with van der Waals surface area (Å²) < 4.78 is 6.03. The number of anilines is 1. The standard InChI is InChI=1S/C24H32N2O2/c1-4-26(18(2)3)22-14-12-20(13-15-22)24(27)25-17-21-11-8-16-28-23(21)19-9-6-5-7-10-19/h5-7,9-10,12-15,18,21,23H,4,8,11,16-17H2,1-3H3,(H,25,27). The Bertz CT molecular complexity index is 743. The molecule has 1 aliphatic heterocycles. The van der Waals surface area contributed by atoms with Gasteiger partial charge in [0.1, 0.15) is 0 Å². The summed E-state index contributed by atoms with van der Waals surface area (Å²) in [5.41, 5.74) is 3.05. The molecule has 3 rings (SSSR count). The Morgan fingerprint density at radius 3 is 2.50 bits per heavy atom. The molecular formula is C24H32N2O2. The van der Waals surface area contributed by atoms with Crippen LogP contribution in [0.15, 0.2) is 54.6 Å². The van der Waals surface area contributed by atoms with Gasteiger partial charge in [0.2, 0.25) is 0 Å². The van der Waals surface area contributed by atoms with Crippen molar-refractivity contribution in [2.24, 2.45) is 5.92 Å². The van der Waals surface area contributed by atoms with Gasteiger partial charge in [-0.2, -0.15) is 0 Å². The second kappa shape index (κ2) is 9.74. The first-order valence-electron chi connectivity index (χ1n) is 10.4. The molecule has 1 aliphatic rings. The average Bonchev–Trinajstić information content (AvgIpc) is 2.73. The maximum absolute atomic E-state index is 12.6. The van der Waals surface area contributed by atoms with Crippen LogP contribution in [0.25, 0.3) is 0 Å². The molecule has 0 saturated carbocycles. The summed E-state index contributed by atoms with van der Waals surface area (Å²) in [5, 5.41) is 3.12. The van der Waals surface area contributed by atoms with E-state index >= 15 is 0 Å². The SMILES string of the molecule is CCN(c1ccc(C(=O)NCC2CCCOC2c2ccccc2)cc1)C(C)C. The fourth-order valence-electron chi connectivity index (χ4n) is 4.04. The second-order valence-corrected chi connectivity index (χ2v) is 7.74. The lowest BCUT2D eigenvalue weighted by atomic mass is 9.89. The third kappa shape index (κ3) is 4.93. The molecule has 2 unspecified atom stereocenters. The zero-order valence-corrected chi connectivity index (χ0v) is 17.2. The van der Waals surface area contributed by atoms with Crippen molar-refractivity contribution >= 4 is 11.6 Å². The van der Waals surface area contributed by atoms with E-state index in [1.165, 1.54) is 5.56 Å². The van der Waals surface area contributed by atoms with Crippen LogP contribution in [0.3, 0.4) is 0 Å². The van der Waals surface area contributed by atoms with Crippen molar-refractivity contribution in [2.75, 3.05) is 24.6 Å². The van der Waals surface area contributed by atoms with Crippen LogP contribution in [0.4, 0.5) is 5.69 Å². The molecule has 2 atom stereocenters. The minimum Gasteiger partial charge on any atom is -0.373 e. The number of ether oxygens (including phenoxy) is 1. The predicted molar refractivity (Wildman–Crippen MR) is 115 cm³/mol. The molecule has 1 amide bonds. The van der Waals surface area contributed by atoms with Crippen LogP contribution in [0.2, 0.25) is 0 Å². The summed E-state index contributed by atoms with van der Waals surface area (Å²) in [6.07, 6.45) is 2.17. The summed E-state index contributed by atoms with van der Waals surface area (Å²) in [6, 6.07) is 18.7. The Kier molecular flexibility index (Phi) is 7.10. The lowest BCUT2D eigenvalue weighted by molar-refractivity contribution is -0.0272. The summed E-state index contributed by atoms with van der Waals surface area (Å²) >= 11 is 0. The van der Waals surface area contributed by atoms with E-state index in [-0.39, 0.29) is 12.0 Å². The van der Waals surface area contributed by atoms with Crippen molar-refractivity contribution in [3.05, 3.63) is 65.7 Å². The number of benzene rings is 2. The minimum atomic E-state index is -0.0171. The fraction of sp³-hybridized carbons (Fsp3) is 0.458. The Hall–Kier alpha value is -2.33. The van der Waals surface area contributed by atoms with Gasteiger partial charge in [-0.25, -0.2) is 0 Å². The maximum Gasteiger partial charge on any atom is 0.251 e. The highest BCUT2D eigenvalue weighted by Gasteiger charge is 2.27. The van der Waals surface area contributed by atoms with Crippen LogP contribution in [-0.2, 0) is 4.74 Å². The molecule has 1 heterocycles. The molecule has 150 valence electrons. The monoisotopic (exact) mass is 380 g/mol. The van der Waals surface area contributed by atoms with Crippen LogP contribution in [0.5, 0.6) is 0 Å². The van der Waals surface area contributed by atoms with Gasteiger partial charge < -0.3 is 15.0 Å². The molecule has 28 heavy (non-hydrogen) atoms. The van der Waals surface area contributed by atoms with Crippen molar-refractivity contribution < 1.29 is 9.53 Å². The summed E-state index contributed by atoms with van der Waals surface area (Å²) in [5.74, 6) is 0.285. The Labute approximate surface area is 168 Å². The first-order chi connectivity index (χ1) is 13.6. The van der Waals surface area contributed by atoms with Crippen LogP contribution >= 0.6 is 0 Å². The van der Waals surface area contributed by atoms with Crippen LogP contribution < -0.4 is 10.2 Å². The highest BCUT2D eigenvalue weighted by atomic mass is 16.5. The third-order valence-electron chi connectivity index (χ3n) is 5.52. The molecule has 1 fully saturated rings. The van der Waals surface area contributed by atoms with Gasteiger partial charge in [-0.15, -0.1) is 0 Å². The van der Waals surface area contributed by atoms with Crippen molar-refractivity contribution in [3.63, 3.8) is 0 Å². The normalized spacial score (nSPS) is 19.4.